The van der Waals surface area contributed by atoms with E-state index in [1.165, 1.54) is 6.20 Å². The summed E-state index contributed by atoms with van der Waals surface area (Å²) < 4.78 is 11.5. The minimum Gasteiger partial charge on any atom is -0.443 e. The number of nitrogens with two attached hydrogens (primary N) is 1. The van der Waals surface area contributed by atoms with Crippen molar-refractivity contribution in [1.29, 1.82) is 0 Å². The molecule has 2 amide bonds. The molecule has 1 aromatic heterocycles. The molecule has 1 heterocycles. The first kappa shape index (κ1) is 21.0. The largest absolute Gasteiger partial charge is 0.443 e. The van der Waals surface area contributed by atoms with Gasteiger partial charge in [0.15, 0.2) is 5.82 Å². The molecule has 2 rings (SSSR count). The van der Waals surface area contributed by atoms with Crippen molar-refractivity contribution < 1.29 is 19.1 Å². The van der Waals surface area contributed by atoms with Crippen molar-refractivity contribution in [3.8, 4) is 0 Å². The molecule has 0 spiro atoms. The van der Waals surface area contributed by atoms with Gasteiger partial charge in [0.25, 0.3) is 0 Å². The Hall–Kier alpha value is -2.35. The number of amides is 2. The Balaban J connectivity index is 2.63. The number of hydrogen-bond donors (Lipinski definition) is 1. The summed E-state index contributed by atoms with van der Waals surface area (Å²) >= 11 is 3.43. The Morgan fingerprint density at radius 1 is 0.963 bits per heavy atom. The monoisotopic (exact) mass is 437 g/mol. The molecule has 0 aliphatic rings. The molecule has 8 heteroatoms. The van der Waals surface area contributed by atoms with Crippen molar-refractivity contribution in [1.82, 2.24) is 4.98 Å². The maximum atomic E-state index is 12.8. The average molecular weight is 438 g/mol. The smallest absolute Gasteiger partial charge is 0.425 e. The predicted octanol–water partition coefficient (Wildman–Crippen LogP) is 5.26. The summed E-state index contributed by atoms with van der Waals surface area (Å²) in [6, 6.07) is 5.10. The number of fused-ring (bicyclic) bond motifs is 1. The number of hydrogen-bond acceptors (Lipinski definition) is 6. The van der Waals surface area contributed by atoms with Crippen LogP contribution in [0.5, 0.6) is 0 Å². The van der Waals surface area contributed by atoms with Gasteiger partial charge in [0.05, 0.1) is 0 Å². The van der Waals surface area contributed by atoms with Gasteiger partial charge in [0.1, 0.15) is 11.2 Å². The zero-order chi connectivity index (χ0) is 20.6. The molecular weight excluding hydrogens is 414 g/mol. The normalized spacial score (nSPS) is 12.0. The van der Waals surface area contributed by atoms with Crippen LogP contribution in [0.1, 0.15) is 41.5 Å². The summed E-state index contributed by atoms with van der Waals surface area (Å²) in [5.74, 6) is 0.108. The highest BCUT2D eigenvalue weighted by Crippen LogP contribution is 2.34. The Morgan fingerprint density at radius 3 is 1.96 bits per heavy atom. The number of rotatable bonds is 1. The standard InChI is InChI=1S/C19H24BrN3O4/c1-18(2,3)26-16(24)23(17(25)27-19(4,5)6)15-12-7-8-13(21)14(20)11(12)9-10-22-15/h7-10H,21H2,1-6H3. The molecule has 27 heavy (non-hydrogen) atoms. The highest BCUT2D eigenvalue weighted by atomic mass is 79.9. The maximum Gasteiger partial charge on any atom is 0.425 e. The number of carbonyl (C=O) groups is 2. The molecule has 0 atom stereocenters. The molecule has 7 nitrogen and oxygen atoms in total. The third-order valence-electron chi connectivity index (χ3n) is 3.25. The van der Waals surface area contributed by atoms with E-state index >= 15 is 0 Å². The second-order valence-corrected chi connectivity index (χ2v) is 8.79. The van der Waals surface area contributed by atoms with Gasteiger partial charge in [0.2, 0.25) is 0 Å². The van der Waals surface area contributed by atoms with Crippen LogP contribution in [-0.4, -0.2) is 28.4 Å². The van der Waals surface area contributed by atoms with Gasteiger partial charge in [-0.25, -0.2) is 14.6 Å². The molecule has 0 radical (unpaired) electrons. The molecule has 0 saturated carbocycles. The highest BCUT2D eigenvalue weighted by Gasteiger charge is 2.34. The Morgan fingerprint density at radius 2 is 1.48 bits per heavy atom. The number of halogens is 1. The van der Waals surface area contributed by atoms with E-state index < -0.39 is 23.4 Å². The third kappa shape index (κ3) is 5.09. The van der Waals surface area contributed by atoms with Gasteiger partial charge in [-0.1, -0.05) is 0 Å². The lowest BCUT2D eigenvalue weighted by Crippen LogP contribution is -2.44. The lowest BCUT2D eigenvalue weighted by molar-refractivity contribution is 0.0429. The lowest BCUT2D eigenvalue weighted by atomic mass is 10.1. The Bertz CT molecular complexity index is 857. The number of benzene rings is 1. The Kier molecular flexibility index (Phi) is 5.70. The van der Waals surface area contributed by atoms with Crippen LogP contribution in [0.25, 0.3) is 10.8 Å². The van der Waals surface area contributed by atoms with Crippen LogP contribution in [-0.2, 0) is 9.47 Å². The molecule has 1 aromatic carbocycles. The van der Waals surface area contributed by atoms with Crippen molar-refractivity contribution in [2.24, 2.45) is 0 Å². The molecule has 0 unspecified atom stereocenters. The van der Waals surface area contributed by atoms with E-state index in [1.54, 1.807) is 59.7 Å². The molecule has 146 valence electrons. The zero-order valence-corrected chi connectivity index (χ0v) is 17.9. The fraction of sp³-hybridized carbons (Fsp3) is 0.421. The molecule has 0 aliphatic carbocycles. The minimum absolute atomic E-state index is 0.108. The number of imide groups is 1. The summed E-state index contributed by atoms with van der Waals surface area (Å²) in [6.45, 7) is 10.3. The molecule has 2 aromatic rings. The quantitative estimate of drug-likeness (QED) is 0.611. The third-order valence-corrected chi connectivity index (χ3v) is 4.14. The van der Waals surface area contributed by atoms with Gasteiger partial charge in [0, 0.05) is 27.1 Å². The van der Waals surface area contributed by atoms with E-state index in [1.807, 2.05) is 0 Å². The molecule has 0 aliphatic heterocycles. The number of nitrogens with zero attached hydrogens (tertiary/aromatic N) is 2. The first-order chi connectivity index (χ1) is 12.3. The second-order valence-electron chi connectivity index (χ2n) is 7.99. The van der Waals surface area contributed by atoms with Crippen molar-refractivity contribution in [3.05, 3.63) is 28.9 Å². The molecule has 0 saturated heterocycles. The number of pyridine rings is 1. The van der Waals surface area contributed by atoms with Gasteiger partial charge >= 0.3 is 12.2 Å². The van der Waals surface area contributed by atoms with Crippen LogP contribution in [0.2, 0.25) is 0 Å². The van der Waals surface area contributed by atoms with Gasteiger partial charge in [-0.3, -0.25) is 0 Å². The maximum absolute atomic E-state index is 12.8. The SMILES string of the molecule is CC(C)(C)OC(=O)N(C(=O)OC(C)(C)C)c1nccc2c(Br)c(N)ccc12. The van der Waals surface area contributed by atoms with Crippen LogP contribution >= 0.6 is 15.9 Å². The molecular formula is C19H24BrN3O4. The molecule has 2 N–H and O–H groups in total. The number of aromatic nitrogens is 1. The number of nitrogen functional groups attached to an aromatic ring is 1. The van der Waals surface area contributed by atoms with Gasteiger partial charge in [-0.05, 0) is 75.7 Å². The minimum atomic E-state index is -0.871. The van der Waals surface area contributed by atoms with Crippen LogP contribution in [0.15, 0.2) is 28.9 Å². The number of anilines is 2. The zero-order valence-electron chi connectivity index (χ0n) is 16.3. The van der Waals surface area contributed by atoms with Crippen molar-refractivity contribution in [2.75, 3.05) is 10.6 Å². The van der Waals surface area contributed by atoms with Crippen molar-refractivity contribution >= 4 is 50.4 Å². The summed E-state index contributed by atoms with van der Waals surface area (Å²) in [5.41, 5.74) is 4.87. The van der Waals surface area contributed by atoms with Crippen molar-refractivity contribution in [3.63, 3.8) is 0 Å². The van der Waals surface area contributed by atoms with E-state index in [0.29, 0.717) is 20.9 Å². The van der Waals surface area contributed by atoms with Gasteiger partial charge in [-0.15, -0.1) is 0 Å². The fourth-order valence-corrected chi connectivity index (χ4v) is 2.74. The molecule has 0 fully saturated rings. The predicted molar refractivity (Wildman–Crippen MR) is 109 cm³/mol. The van der Waals surface area contributed by atoms with Crippen LogP contribution in [0, 0.1) is 0 Å². The summed E-state index contributed by atoms with van der Waals surface area (Å²) in [7, 11) is 0. The van der Waals surface area contributed by atoms with E-state index in [4.69, 9.17) is 15.2 Å². The van der Waals surface area contributed by atoms with Crippen LogP contribution < -0.4 is 10.6 Å². The number of carbonyl (C=O) groups excluding carboxylic acids is 2. The first-order valence-corrected chi connectivity index (χ1v) is 9.18. The fourth-order valence-electron chi connectivity index (χ4n) is 2.26. The van der Waals surface area contributed by atoms with Crippen molar-refractivity contribution in [2.45, 2.75) is 52.7 Å². The summed E-state index contributed by atoms with van der Waals surface area (Å²) in [6.07, 6.45) is -0.252. The molecule has 0 bridgehead atoms. The van der Waals surface area contributed by atoms with E-state index in [-0.39, 0.29) is 5.82 Å². The number of ether oxygens (including phenoxy) is 2. The van der Waals surface area contributed by atoms with E-state index in [9.17, 15) is 9.59 Å². The van der Waals surface area contributed by atoms with Gasteiger partial charge in [-0.2, -0.15) is 4.90 Å². The average Bonchev–Trinajstić information content (AvgIpc) is 2.48. The second kappa shape index (κ2) is 7.34. The van der Waals surface area contributed by atoms with E-state index in [2.05, 4.69) is 20.9 Å². The topological polar surface area (TPSA) is 94.8 Å². The van der Waals surface area contributed by atoms with Gasteiger partial charge < -0.3 is 15.2 Å². The van der Waals surface area contributed by atoms with E-state index in [0.717, 1.165) is 4.90 Å². The lowest BCUT2D eigenvalue weighted by Gasteiger charge is -2.28. The highest BCUT2D eigenvalue weighted by molar-refractivity contribution is 9.10. The summed E-state index contributed by atoms with van der Waals surface area (Å²) in [4.78, 5) is 30.7. The van der Waals surface area contributed by atoms with Crippen LogP contribution in [0.4, 0.5) is 21.1 Å². The van der Waals surface area contributed by atoms with Crippen LogP contribution in [0.3, 0.4) is 0 Å². The first-order valence-electron chi connectivity index (χ1n) is 8.39. The Labute approximate surface area is 166 Å². The summed E-state index contributed by atoms with van der Waals surface area (Å²) in [5, 5.41) is 1.26.